The van der Waals surface area contributed by atoms with Crippen molar-refractivity contribution in [1.82, 2.24) is 18.8 Å². The molecule has 0 spiro atoms. The van der Waals surface area contributed by atoms with Gasteiger partial charge in [-0.15, -0.1) is 0 Å². The first-order chi connectivity index (χ1) is 13.8. The molecule has 6 nitrogen and oxygen atoms in total. The third-order valence-electron chi connectivity index (χ3n) is 5.19. The van der Waals surface area contributed by atoms with E-state index in [0.717, 1.165) is 0 Å². The molecule has 154 valence electrons. The quantitative estimate of drug-likeness (QED) is 0.642. The van der Waals surface area contributed by atoms with Crippen molar-refractivity contribution in [3.8, 4) is 0 Å². The Morgan fingerprint density at radius 2 is 1.79 bits per heavy atom. The normalized spacial score (nSPS) is 17.1. The van der Waals surface area contributed by atoms with Crippen LogP contribution in [0.15, 0.2) is 53.7 Å². The van der Waals surface area contributed by atoms with Crippen molar-refractivity contribution in [1.29, 1.82) is 0 Å². The minimum atomic E-state index is -4.55. The molecule has 0 radical (unpaired) electrons. The summed E-state index contributed by atoms with van der Waals surface area (Å²) < 4.78 is 68.4. The number of aromatic nitrogens is 3. The van der Waals surface area contributed by atoms with Crippen LogP contribution in [0.4, 0.5) is 13.2 Å². The second-order valence-corrected chi connectivity index (χ2v) is 9.01. The number of alkyl halides is 3. The molecular formula is C19H19F3N4O2S. The zero-order chi connectivity index (χ0) is 20.6. The van der Waals surface area contributed by atoms with Gasteiger partial charge in [-0.3, -0.25) is 4.98 Å². The summed E-state index contributed by atoms with van der Waals surface area (Å²) in [6.07, 6.45) is -0.802. The van der Waals surface area contributed by atoms with Crippen LogP contribution in [0.25, 0.3) is 11.0 Å². The SMILES string of the molecule is O=S(=O)(c1cccnc1)N1CCC(Cn2c(C(F)(F)F)nc3ccccc32)CC1. The molecular weight excluding hydrogens is 405 g/mol. The molecule has 3 aromatic rings. The van der Waals surface area contributed by atoms with Gasteiger partial charge < -0.3 is 4.57 Å². The second-order valence-electron chi connectivity index (χ2n) is 7.07. The largest absolute Gasteiger partial charge is 0.449 e. The van der Waals surface area contributed by atoms with Crippen LogP contribution in [0, 0.1) is 5.92 Å². The fourth-order valence-electron chi connectivity index (χ4n) is 3.72. The van der Waals surface area contributed by atoms with Crippen LogP contribution >= 0.6 is 0 Å². The molecule has 0 atom stereocenters. The maximum Gasteiger partial charge on any atom is 0.449 e. The molecule has 29 heavy (non-hydrogen) atoms. The molecule has 4 rings (SSSR count). The third-order valence-corrected chi connectivity index (χ3v) is 7.08. The predicted molar refractivity (Wildman–Crippen MR) is 100 cm³/mol. The Hall–Kier alpha value is -2.46. The Morgan fingerprint density at radius 1 is 1.07 bits per heavy atom. The Bertz CT molecular complexity index is 1110. The van der Waals surface area contributed by atoms with Gasteiger partial charge in [0.2, 0.25) is 15.8 Å². The van der Waals surface area contributed by atoms with Crippen LogP contribution in [0.2, 0.25) is 0 Å². The van der Waals surface area contributed by atoms with Crippen LogP contribution in [-0.2, 0) is 22.7 Å². The minimum Gasteiger partial charge on any atom is -0.320 e. The minimum absolute atomic E-state index is 0.0749. The topological polar surface area (TPSA) is 68.1 Å². The monoisotopic (exact) mass is 424 g/mol. The molecule has 1 aliphatic heterocycles. The van der Waals surface area contributed by atoms with E-state index in [4.69, 9.17) is 0 Å². The number of sulfonamides is 1. The van der Waals surface area contributed by atoms with E-state index in [1.807, 2.05) is 0 Å². The van der Waals surface area contributed by atoms with Crippen molar-refractivity contribution in [2.24, 2.45) is 5.92 Å². The Kier molecular flexibility index (Phi) is 5.07. The van der Waals surface area contributed by atoms with Crippen molar-refractivity contribution in [2.45, 2.75) is 30.5 Å². The summed E-state index contributed by atoms with van der Waals surface area (Å²) in [5.74, 6) is -0.988. The summed E-state index contributed by atoms with van der Waals surface area (Å²) in [5, 5.41) is 0. The van der Waals surface area contributed by atoms with E-state index in [-0.39, 0.29) is 30.4 Å². The number of hydrogen-bond acceptors (Lipinski definition) is 4. The summed E-state index contributed by atoms with van der Waals surface area (Å²) in [4.78, 5) is 7.74. The van der Waals surface area contributed by atoms with Gasteiger partial charge in [-0.1, -0.05) is 12.1 Å². The summed E-state index contributed by atoms with van der Waals surface area (Å²) in [5.41, 5.74) is 0.738. The van der Waals surface area contributed by atoms with Gasteiger partial charge in [-0.25, -0.2) is 13.4 Å². The maximum absolute atomic E-state index is 13.5. The number of benzene rings is 1. The lowest BCUT2D eigenvalue weighted by molar-refractivity contribution is -0.147. The number of halogens is 3. The molecule has 1 fully saturated rings. The van der Waals surface area contributed by atoms with Gasteiger partial charge in [0, 0.05) is 32.0 Å². The number of pyridine rings is 1. The van der Waals surface area contributed by atoms with Crippen molar-refractivity contribution in [3.63, 3.8) is 0 Å². The predicted octanol–water partition coefficient (Wildman–Crippen LogP) is 3.55. The summed E-state index contributed by atoms with van der Waals surface area (Å²) in [6.45, 7) is 0.669. The van der Waals surface area contributed by atoms with E-state index in [1.54, 1.807) is 30.3 Å². The van der Waals surface area contributed by atoms with Crippen LogP contribution < -0.4 is 0 Å². The molecule has 0 aliphatic carbocycles. The van der Waals surface area contributed by atoms with E-state index >= 15 is 0 Å². The van der Waals surface area contributed by atoms with Gasteiger partial charge in [0.05, 0.1) is 11.0 Å². The molecule has 0 unspecified atom stereocenters. The number of para-hydroxylation sites is 2. The molecule has 0 N–H and O–H groups in total. The highest BCUT2D eigenvalue weighted by Gasteiger charge is 2.38. The molecule has 10 heteroatoms. The second kappa shape index (κ2) is 7.42. The smallest absolute Gasteiger partial charge is 0.320 e. The molecule has 2 aromatic heterocycles. The summed E-state index contributed by atoms with van der Waals surface area (Å²) in [7, 11) is -3.64. The number of nitrogens with zero attached hydrogens (tertiary/aromatic N) is 4. The molecule has 1 saturated heterocycles. The van der Waals surface area contributed by atoms with Crippen LogP contribution in [0.1, 0.15) is 18.7 Å². The van der Waals surface area contributed by atoms with E-state index in [2.05, 4.69) is 9.97 Å². The first kappa shape index (κ1) is 19.8. The number of imidazole rings is 1. The number of piperidine rings is 1. The fraction of sp³-hybridized carbons (Fsp3) is 0.368. The van der Waals surface area contributed by atoms with Crippen molar-refractivity contribution in [3.05, 3.63) is 54.6 Å². The number of rotatable bonds is 4. The Balaban J connectivity index is 1.52. The number of hydrogen-bond donors (Lipinski definition) is 0. The average molecular weight is 424 g/mol. The van der Waals surface area contributed by atoms with Crippen LogP contribution in [0.3, 0.4) is 0 Å². The standard InChI is InChI=1S/C19H19F3N4O2S/c20-19(21,22)18-24-16-5-1-2-6-17(16)26(18)13-14-7-10-25(11-8-14)29(27,28)15-4-3-9-23-12-15/h1-6,9,12,14H,7-8,10-11,13H2. The average Bonchev–Trinajstić information content (AvgIpc) is 3.08. The summed E-state index contributed by atoms with van der Waals surface area (Å²) in [6, 6.07) is 9.57. The van der Waals surface area contributed by atoms with Crippen molar-refractivity contribution < 1.29 is 21.6 Å². The molecule has 0 amide bonds. The van der Waals surface area contributed by atoms with E-state index < -0.39 is 22.0 Å². The van der Waals surface area contributed by atoms with Crippen LogP contribution in [0.5, 0.6) is 0 Å². The summed E-state index contributed by atoms with van der Waals surface area (Å²) >= 11 is 0. The molecule has 1 aliphatic rings. The molecule has 0 saturated carbocycles. The van der Waals surface area contributed by atoms with Gasteiger partial charge in [-0.05, 0) is 43.0 Å². The van der Waals surface area contributed by atoms with Crippen molar-refractivity contribution in [2.75, 3.05) is 13.1 Å². The zero-order valence-electron chi connectivity index (χ0n) is 15.4. The van der Waals surface area contributed by atoms with Gasteiger partial charge in [0.25, 0.3) is 0 Å². The highest BCUT2D eigenvalue weighted by molar-refractivity contribution is 7.89. The lowest BCUT2D eigenvalue weighted by Gasteiger charge is -2.31. The van der Waals surface area contributed by atoms with E-state index in [9.17, 15) is 21.6 Å². The fourth-order valence-corrected chi connectivity index (χ4v) is 5.15. The highest BCUT2D eigenvalue weighted by atomic mass is 32.2. The Labute approximate surface area is 166 Å². The van der Waals surface area contributed by atoms with Gasteiger partial charge in [0.15, 0.2) is 0 Å². The van der Waals surface area contributed by atoms with Crippen LogP contribution in [-0.4, -0.2) is 40.3 Å². The van der Waals surface area contributed by atoms with E-state index in [1.165, 1.54) is 27.3 Å². The first-order valence-corrected chi connectivity index (χ1v) is 10.6. The highest BCUT2D eigenvalue weighted by Crippen LogP contribution is 2.33. The maximum atomic E-state index is 13.5. The molecule has 1 aromatic carbocycles. The lowest BCUT2D eigenvalue weighted by atomic mass is 9.98. The zero-order valence-corrected chi connectivity index (χ0v) is 16.2. The van der Waals surface area contributed by atoms with Gasteiger partial charge >= 0.3 is 6.18 Å². The Morgan fingerprint density at radius 3 is 2.45 bits per heavy atom. The molecule has 0 bridgehead atoms. The van der Waals surface area contributed by atoms with Gasteiger partial charge in [0.1, 0.15) is 4.90 Å². The lowest BCUT2D eigenvalue weighted by Crippen LogP contribution is -2.39. The van der Waals surface area contributed by atoms with Gasteiger partial charge in [-0.2, -0.15) is 17.5 Å². The third kappa shape index (κ3) is 3.86. The first-order valence-electron chi connectivity index (χ1n) is 9.19. The molecule has 3 heterocycles. The van der Waals surface area contributed by atoms with Crippen molar-refractivity contribution >= 4 is 21.1 Å². The van der Waals surface area contributed by atoms with E-state index in [0.29, 0.717) is 23.9 Å². The number of fused-ring (bicyclic) bond motifs is 1.